The van der Waals surface area contributed by atoms with Gasteiger partial charge in [-0.15, -0.1) is 0 Å². The van der Waals surface area contributed by atoms with Crippen molar-refractivity contribution in [2.45, 2.75) is 64.9 Å². The van der Waals surface area contributed by atoms with Crippen molar-refractivity contribution in [2.24, 2.45) is 0 Å². The van der Waals surface area contributed by atoms with Crippen molar-refractivity contribution in [1.29, 1.82) is 0 Å². The van der Waals surface area contributed by atoms with E-state index in [0.717, 1.165) is 32.1 Å². The molecule has 0 fully saturated rings. The summed E-state index contributed by atoms with van der Waals surface area (Å²) in [6.45, 7) is 6.39. The first-order valence-electron chi connectivity index (χ1n) is 6.75. The largest absolute Gasteiger partial charge is 0.469 e. The Kier molecular flexibility index (Phi) is 8.73. The number of hydrogen-bond donors (Lipinski definition) is 0. The Labute approximate surface area is 112 Å². The highest BCUT2D eigenvalue weighted by Gasteiger charge is 2.19. The van der Waals surface area contributed by atoms with Crippen molar-refractivity contribution in [3.63, 3.8) is 0 Å². The third-order valence-corrected chi connectivity index (χ3v) is 3.61. The van der Waals surface area contributed by atoms with Crippen LogP contribution in [0.3, 0.4) is 0 Å². The topological polar surface area (TPSA) is 35.5 Å². The fourth-order valence-electron chi connectivity index (χ4n) is 1.77. The van der Waals surface area contributed by atoms with E-state index in [1.54, 1.807) is 7.11 Å². The summed E-state index contributed by atoms with van der Waals surface area (Å²) in [6, 6.07) is 0. The standard InChI is InChI=1S/C15H28O3/c1-6-15(3,18-5)12-8-7-9-13(2)10-11-14(16)17-4/h10H,6-9,11-12H2,1-5H3. The van der Waals surface area contributed by atoms with Crippen LogP contribution in [0.4, 0.5) is 0 Å². The van der Waals surface area contributed by atoms with E-state index < -0.39 is 0 Å². The minimum absolute atomic E-state index is 0.0175. The molecule has 0 rings (SSSR count). The summed E-state index contributed by atoms with van der Waals surface area (Å²) in [6.07, 6.45) is 7.81. The van der Waals surface area contributed by atoms with Crippen LogP contribution in [0.25, 0.3) is 0 Å². The van der Waals surface area contributed by atoms with Gasteiger partial charge < -0.3 is 9.47 Å². The van der Waals surface area contributed by atoms with Gasteiger partial charge in [0.1, 0.15) is 0 Å². The van der Waals surface area contributed by atoms with E-state index in [9.17, 15) is 4.79 Å². The Hall–Kier alpha value is -0.830. The van der Waals surface area contributed by atoms with Crippen LogP contribution in [-0.4, -0.2) is 25.8 Å². The van der Waals surface area contributed by atoms with Crippen LogP contribution in [0.2, 0.25) is 0 Å². The fourth-order valence-corrected chi connectivity index (χ4v) is 1.77. The lowest BCUT2D eigenvalue weighted by atomic mass is 9.94. The summed E-state index contributed by atoms with van der Waals surface area (Å²) in [5, 5.41) is 0. The molecule has 0 aromatic heterocycles. The smallest absolute Gasteiger partial charge is 0.309 e. The molecule has 106 valence electrons. The molecule has 0 spiro atoms. The van der Waals surface area contributed by atoms with Crippen molar-refractivity contribution in [2.75, 3.05) is 14.2 Å². The van der Waals surface area contributed by atoms with Crippen LogP contribution in [-0.2, 0) is 14.3 Å². The second-order valence-corrected chi connectivity index (χ2v) is 5.05. The SMILES string of the molecule is CCC(C)(CCCCC(C)=CCC(=O)OC)OC. The van der Waals surface area contributed by atoms with Crippen LogP contribution >= 0.6 is 0 Å². The predicted molar refractivity (Wildman–Crippen MR) is 74.6 cm³/mol. The number of hydrogen-bond acceptors (Lipinski definition) is 3. The molecule has 0 amide bonds. The Morgan fingerprint density at radius 3 is 2.44 bits per heavy atom. The fraction of sp³-hybridized carbons (Fsp3) is 0.800. The second-order valence-electron chi connectivity index (χ2n) is 5.05. The van der Waals surface area contributed by atoms with E-state index in [1.165, 1.54) is 12.7 Å². The normalized spacial score (nSPS) is 15.3. The van der Waals surface area contributed by atoms with Gasteiger partial charge in [-0.25, -0.2) is 0 Å². The number of allylic oxidation sites excluding steroid dienone is 1. The summed E-state index contributed by atoms with van der Waals surface area (Å²) in [5.41, 5.74) is 1.28. The number of rotatable bonds is 9. The van der Waals surface area contributed by atoms with E-state index in [2.05, 4.69) is 25.5 Å². The maximum Gasteiger partial charge on any atom is 0.309 e. The lowest BCUT2D eigenvalue weighted by Gasteiger charge is -2.26. The molecule has 0 heterocycles. The van der Waals surface area contributed by atoms with Crippen LogP contribution in [0.5, 0.6) is 0 Å². The van der Waals surface area contributed by atoms with Crippen LogP contribution in [0, 0.1) is 0 Å². The molecule has 3 nitrogen and oxygen atoms in total. The summed E-state index contributed by atoms with van der Waals surface area (Å²) in [7, 11) is 3.20. The molecule has 18 heavy (non-hydrogen) atoms. The van der Waals surface area contributed by atoms with E-state index in [4.69, 9.17) is 4.74 Å². The Morgan fingerprint density at radius 1 is 1.28 bits per heavy atom. The summed E-state index contributed by atoms with van der Waals surface area (Å²) < 4.78 is 10.1. The predicted octanol–water partition coefficient (Wildman–Crippen LogP) is 3.87. The minimum Gasteiger partial charge on any atom is -0.469 e. The number of unbranched alkanes of at least 4 members (excludes halogenated alkanes) is 1. The van der Waals surface area contributed by atoms with Crippen molar-refractivity contribution in [3.8, 4) is 0 Å². The number of carbonyl (C=O) groups excluding carboxylic acids is 1. The van der Waals surface area contributed by atoms with E-state index in [-0.39, 0.29) is 11.6 Å². The summed E-state index contributed by atoms with van der Waals surface area (Å²) in [5.74, 6) is -0.174. The van der Waals surface area contributed by atoms with Gasteiger partial charge in [0, 0.05) is 7.11 Å². The molecular formula is C15H28O3. The Bertz CT molecular complexity index is 265. The molecule has 0 aliphatic heterocycles. The summed E-state index contributed by atoms with van der Waals surface area (Å²) in [4.78, 5) is 11.0. The average Bonchev–Trinajstić information content (AvgIpc) is 2.40. The zero-order valence-electron chi connectivity index (χ0n) is 12.5. The molecule has 0 aromatic carbocycles. The van der Waals surface area contributed by atoms with Gasteiger partial charge in [0.2, 0.25) is 0 Å². The first-order chi connectivity index (χ1) is 8.47. The molecule has 1 unspecified atom stereocenters. The van der Waals surface area contributed by atoms with Gasteiger partial charge in [-0.1, -0.05) is 25.0 Å². The quantitative estimate of drug-likeness (QED) is 0.357. The van der Waals surface area contributed by atoms with E-state index in [0.29, 0.717) is 6.42 Å². The van der Waals surface area contributed by atoms with Gasteiger partial charge in [-0.05, 0) is 39.5 Å². The molecule has 0 saturated carbocycles. The van der Waals surface area contributed by atoms with Gasteiger partial charge in [0.15, 0.2) is 0 Å². The molecule has 0 aromatic rings. The first-order valence-corrected chi connectivity index (χ1v) is 6.75. The zero-order chi connectivity index (χ0) is 14.0. The van der Waals surface area contributed by atoms with Crippen LogP contribution < -0.4 is 0 Å². The van der Waals surface area contributed by atoms with Crippen molar-refractivity contribution in [1.82, 2.24) is 0 Å². The van der Waals surface area contributed by atoms with Crippen LogP contribution in [0.15, 0.2) is 11.6 Å². The van der Waals surface area contributed by atoms with Gasteiger partial charge in [0.05, 0.1) is 19.1 Å². The molecule has 3 heteroatoms. The van der Waals surface area contributed by atoms with Crippen LogP contribution in [0.1, 0.15) is 59.3 Å². The number of esters is 1. The molecule has 0 aliphatic carbocycles. The Balaban J connectivity index is 3.81. The molecule has 0 bridgehead atoms. The maximum absolute atomic E-state index is 11.0. The lowest BCUT2D eigenvalue weighted by Crippen LogP contribution is -2.25. The molecular weight excluding hydrogens is 228 g/mol. The molecule has 0 aliphatic rings. The molecule has 0 radical (unpaired) electrons. The Morgan fingerprint density at radius 2 is 1.94 bits per heavy atom. The van der Waals surface area contributed by atoms with Crippen molar-refractivity contribution in [3.05, 3.63) is 11.6 Å². The number of ether oxygens (including phenoxy) is 2. The average molecular weight is 256 g/mol. The monoisotopic (exact) mass is 256 g/mol. The molecule has 1 atom stereocenters. The van der Waals surface area contributed by atoms with Gasteiger partial charge in [-0.3, -0.25) is 4.79 Å². The minimum atomic E-state index is -0.174. The van der Waals surface area contributed by atoms with Gasteiger partial charge in [0.25, 0.3) is 0 Å². The van der Waals surface area contributed by atoms with Crippen molar-refractivity contribution < 1.29 is 14.3 Å². The second kappa shape index (κ2) is 9.15. The number of carbonyl (C=O) groups is 1. The van der Waals surface area contributed by atoms with Crippen molar-refractivity contribution >= 4 is 5.97 Å². The van der Waals surface area contributed by atoms with Gasteiger partial charge in [-0.2, -0.15) is 0 Å². The highest BCUT2D eigenvalue weighted by atomic mass is 16.5. The lowest BCUT2D eigenvalue weighted by molar-refractivity contribution is -0.139. The molecule has 0 N–H and O–H groups in total. The third kappa shape index (κ3) is 7.49. The highest BCUT2D eigenvalue weighted by Crippen LogP contribution is 2.22. The zero-order valence-corrected chi connectivity index (χ0v) is 12.5. The van der Waals surface area contributed by atoms with Gasteiger partial charge >= 0.3 is 5.97 Å². The van der Waals surface area contributed by atoms with E-state index >= 15 is 0 Å². The maximum atomic E-state index is 11.0. The highest BCUT2D eigenvalue weighted by molar-refractivity contribution is 5.71. The third-order valence-electron chi connectivity index (χ3n) is 3.61. The summed E-state index contributed by atoms with van der Waals surface area (Å²) >= 11 is 0. The van der Waals surface area contributed by atoms with E-state index in [1.807, 2.05) is 6.08 Å². The molecule has 0 saturated heterocycles. The number of methoxy groups -OCH3 is 2. The first kappa shape index (κ1) is 17.2.